The largest absolute Gasteiger partial charge is 0.496 e. The van der Waals surface area contributed by atoms with E-state index in [-0.39, 0.29) is 17.3 Å². The molecule has 2 amide bonds. The molecule has 0 saturated carbocycles. The first-order chi connectivity index (χ1) is 19.0. The molecule has 0 aliphatic heterocycles. The van der Waals surface area contributed by atoms with Gasteiger partial charge in [0.1, 0.15) is 18.3 Å². The van der Waals surface area contributed by atoms with Crippen molar-refractivity contribution in [2.24, 2.45) is 0 Å². The minimum absolute atomic E-state index is 0.0198. The Morgan fingerprint density at radius 2 is 1.68 bits per heavy atom. The maximum absolute atomic E-state index is 14.0. The molecular weight excluding hydrogens is 618 g/mol. The molecule has 0 fully saturated rings. The van der Waals surface area contributed by atoms with Crippen molar-refractivity contribution < 1.29 is 22.7 Å². The number of likely N-dealkylation sites (N-methyl/N-ethyl adjacent to an activating group) is 1. The number of hydrogen-bond acceptors (Lipinski definition) is 5. The number of sulfonamides is 1. The van der Waals surface area contributed by atoms with Crippen molar-refractivity contribution in [2.45, 2.75) is 44.7 Å². The predicted octanol–water partition coefficient (Wildman–Crippen LogP) is 5.56. The molecule has 40 heavy (non-hydrogen) atoms. The van der Waals surface area contributed by atoms with Gasteiger partial charge >= 0.3 is 0 Å². The Hall–Kier alpha value is -3.08. The number of nitrogens with one attached hydrogen (secondary N) is 1. The van der Waals surface area contributed by atoms with Gasteiger partial charge in [-0.3, -0.25) is 13.9 Å². The lowest BCUT2D eigenvalue weighted by Gasteiger charge is -2.33. The second-order valence-corrected chi connectivity index (χ2v) is 12.3. The molecule has 0 aromatic heterocycles. The highest BCUT2D eigenvalue weighted by Crippen LogP contribution is 2.31. The van der Waals surface area contributed by atoms with Crippen molar-refractivity contribution in [3.63, 3.8) is 0 Å². The quantitative estimate of drug-likeness (QED) is 0.277. The van der Waals surface area contributed by atoms with Crippen LogP contribution in [0.4, 0.5) is 5.69 Å². The maximum Gasteiger partial charge on any atom is 0.264 e. The van der Waals surface area contributed by atoms with Crippen molar-refractivity contribution in [2.75, 3.05) is 24.5 Å². The van der Waals surface area contributed by atoms with Crippen LogP contribution in [0.1, 0.15) is 31.4 Å². The van der Waals surface area contributed by atoms with Crippen molar-refractivity contribution in [1.29, 1.82) is 0 Å². The molecule has 0 bridgehead atoms. The van der Waals surface area contributed by atoms with Crippen molar-refractivity contribution in [3.05, 3.63) is 87.4 Å². The van der Waals surface area contributed by atoms with E-state index in [1.807, 2.05) is 13.8 Å². The van der Waals surface area contributed by atoms with E-state index in [2.05, 4.69) is 21.2 Å². The molecule has 1 N–H and O–H groups in total. The van der Waals surface area contributed by atoms with E-state index >= 15 is 0 Å². The molecule has 0 radical (unpaired) electrons. The van der Waals surface area contributed by atoms with Crippen LogP contribution in [0.15, 0.2) is 76.1 Å². The summed E-state index contributed by atoms with van der Waals surface area (Å²) in [6.45, 7) is 5.48. The lowest BCUT2D eigenvalue weighted by atomic mass is 10.1. The van der Waals surface area contributed by atoms with Crippen molar-refractivity contribution >= 4 is 55.1 Å². The Kier molecular flexibility index (Phi) is 11.0. The molecular formula is C29H33BrClN3O5S. The second kappa shape index (κ2) is 14.0. The zero-order valence-electron chi connectivity index (χ0n) is 22.9. The van der Waals surface area contributed by atoms with Crippen LogP contribution >= 0.6 is 27.5 Å². The van der Waals surface area contributed by atoms with Crippen LogP contribution in [0.3, 0.4) is 0 Å². The summed E-state index contributed by atoms with van der Waals surface area (Å²) < 4.78 is 34.8. The molecule has 3 aromatic rings. The van der Waals surface area contributed by atoms with Gasteiger partial charge in [0, 0.05) is 18.1 Å². The third-order valence-electron chi connectivity index (χ3n) is 6.32. The van der Waals surface area contributed by atoms with Gasteiger partial charge in [-0.15, -0.1) is 0 Å². The van der Waals surface area contributed by atoms with Crippen molar-refractivity contribution in [3.8, 4) is 5.75 Å². The lowest BCUT2D eigenvalue weighted by molar-refractivity contribution is -0.140. The van der Waals surface area contributed by atoms with Gasteiger partial charge in [0.2, 0.25) is 11.8 Å². The molecule has 0 heterocycles. The molecule has 0 spiro atoms. The fraction of sp³-hybridized carbons (Fsp3) is 0.310. The molecule has 3 rings (SSSR count). The highest BCUT2D eigenvalue weighted by atomic mass is 79.9. The maximum atomic E-state index is 14.0. The van der Waals surface area contributed by atoms with E-state index in [0.717, 1.165) is 15.4 Å². The number of amides is 2. The van der Waals surface area contributed by atoms with E-state index in [1.165, 1.54) is 24.1 Å². The monoisotopic (exact) mass is 649 g/mol. The van der Waals surface area contributed by atoms with Gasteiger partial charge in [-0.1, -0.05) is 48.4 Å². The molecule has 0 saturated heterocycles. The van der Waals surface area contributed by atoms with Crippen LogP contribution in [0.25, 0.3) is 0 Å². The van der Waals surface area contributed by atoms with E-state index in [9.17, 15) is 18.0 Å². The number of carbonyl (C=O) groups excluding carboxylic acids is 2. The van der Waals surface area contributed by atoms with Crippen LogP contribution in [-0.2, 0) is 26.2 Å². The summed E-state index contributed by atoms with van der Waals surface area (Å²) >= 11 is 9.40. The Balaban J connectivity index is 2.07. The molecule has 8 nitrogen and oxygen atoms in total. The Bertz CT molecular complexity index is 1430. The van der Waals surface area contributed by atoms with Gasteiger partial charge in [0.05, 0.1) is 22.2 Å². The summed E-state index contributed by atoms with van der Waals surface area (Å²) in [5, 5.41) is 3.33. The summed E-state index contributed by atoms with van der Waals surface area (Å²) in [6.07, 6.45) is 0.341. The Labute approximate surface area is 249 Å². The average molecular weight is 651 g/mol. The van der Waals surface area contributed by atoms with Crippen LogP contribution in [-0.4, -0.2) is 51.4 Å². The summed E-state index contributed by atoms with van der Waals surface area (Å²) in [5.74, 6) is -0.361. The molecule has 0 unspecified atom stereocenters. The Morgan fingerprint density at radius 3 is 2.23 bits per heavy atom. The number of ether oxygens (including phenoxy) is 1. The van der Waals surface area contributed by atoms with E-state index in [1.54, 1.807) is 61.5 Å². The minimum atomic E-state index is -4.20. The third-order valence-corrected chi connectivity index (χ3v) is 8.96. The van der Waals surface area contributed by atoms with Gasteiger partial charge in [-0.2, -0.15) is 0 Å². The molecule has 214 valence electrons. The average Bonchev–Trinajstić information content (AvgIpc) is 2.93. The van der Waals surface area contributed by atoms with Crippen LogP contribution in [0.5, 0.6) is 5.75 Å². The van der Waals surface area contributed by atoms with Gasteiger partial charge in [0.25, 0.3) is 10.0 Å². The van der Waals surface area contributed by atoms with Crippen LogP contribution in [0.2, 0.25) is 5.02 Å². The highest BCUT2D eigenvalue weighted by Gasteiger charge is 2.33. The zero-order chi connectivity index (χ0) is 29.4. The topological polar surface area (TPSA) is 96.0 Å². The summed E-state index contributed by atoms with van der Waals surface area (Å²) in [4.78, 5) is 28.4. The zero-order valence-corrected chi connectivity index (χ0v) is 26.0. The van der Waals surface area contributed by atoms with E-state index < -0.39 is 28.5 Å². The number of rotatable bonds is 12. The van der Waals surface area contributed by atoms with Crippen LogP contribution in [0, 0.1) is 6.92 Å². The summed E-state index contributed by atoms with van der Waals surface area (Å²) in [5.41, 5.74) is 2.01. The SMILES string of the molecule is CCNC(=O)[C@@H](CC)N(Cc1ccc(Cl)cc1)C(=O)CN(c1ccc(C)cc1)S(=O)(=O)c1ccc(OC)c(Br)c1. The smallest absolute Gasteiger partial charge is 0.264 e. The van der Waals surface area contributed by atoms with Gasteiger partial charge in [-0.25, -0.2) is 8.42 Å². The number of hydrogen-bond donors (Lipinski definition) is 1. The molecule has 3 aromatic carbocycles. The van der Waals surface area contributed by atoms with Gasteiger partial charge in [0.15, 0.2) is 0 Å². The fourth-order valence-corrected chi connectivity index (χ4v) is 6.43. The summed E-state index contributed by atoms with van der Waals surface area (Å²) in [7, 11) is -2.72. The van der Waals surface area contributed by atoms with E-state index in [0.29, 0.717) is 33.9 Å². The molecule has 0 aliphatic carbocycles. The number of anilines is 1. The first-order valence-corrected chi connectivity index (χ1v) is 15.4. The van der Waals surface area contributed by atoms with E-state index in [4.69, 9.17) is 16.3 Å². The second-order valence-electron chi connectivity index (χ2n) is 9.11. The highest BCUT2D eigenvalue weighted by molar-refractivity contribution is 9.10. The number of aryl methyl sites for hydroxylation is 1. The summed E-state index contributed by atoms with van der Waals surface area (Å²) in [6, 6.07) is 17.4. The first kappa shape index (κ1) is 31.4. The fourth-order valence-electron chi connectivity index (χ4n) is 4.17. The number of nitrogens with zero attached hydrogens (tertiary/aromatic N) is 2. The van der Waals surface area contributed by atoms with Crippen LogP contribution < -0.4 is 14.4 Å². The molecule has 1 atom stereocenters. The standard InChI is InChI=1S/C29H33BrClN3O5S/c1-5-26(29(36)32-6-2)33(18-21-9-11-22(31)12-10-21)28(35)19-34(23-13-7-20(3)8-14-23)40(37,38)24-15-16-27(39-4)25(30)17-24/h7-17,26H,5-6,18-19H2,1-4H3,(H,32,36)/t26-/m1/s1. The number of halogens is 2. The normalized spacial score (nSPS) is 11.9. The minimum Gasteiger partial charge on any atom is -0.496 e. The number of benzene rings is 3. The Morgan fingerprint density at radius 1 is 1.02 bits per heavy atom. The van der Waals surface area contributed by atoms with Crippen molar-refractivity contribution in [1.82, 2.24) is 10.2 Å². The molecule has 11 heteroatoms. The van der Waals surface area contributed by atoms with Gasteiger partial charge in [-0.05, 0) is 84.2 Å². The molecule has 0 aliphatic rings. The first-order valence-electron chi connectivity index (χ1n) is 12.8. The lowest BCUT2D eigenvalue weighted by Crippen LogP contribution is -2.52. The number of carbonyl (C=O) groups is 2. The third kappa shape index (κ3) is 7.56. The van der Waals surface area contributed by atoms with Gasteiger partial charge < -0.3 is 15.0 Å². The number of methoxy groups -OCH3 is 1. The predicted molar refractivity (Wildman–Crippen MR) is 161 cm³/mol.